The van der Waals surface area contributed by atoms with Gasteiger partial charge in [0.1, 0.15) is 0 Å². The standard InChI is InChI=1S/C13H13IN4O3S2/c1-2-21-12(20)16-11-17-18-13(23-11)22-7-10(19)15-9-5-3-4-8(14)6-9/h3-6H,2,7H2,1H3,(H,15,19)(H,16,17,20). The minimum absolute atomic E-state index is 0.132. The van der Waals surface area contributed by atoms with Crippen LogP contribution in [0.4, 0.5) is 15.6 Å². The smallest absolute Gasteiger partial charge is 0.413 e. The van der Waals surface area contributed by atoms with Crippen molar-refractivity contribution in [3.63, 3.8) is 0 Å². The van der Waals surface area contributed by atoms with E-state index < -0.39 is 6.09 Å². The fraction of sp³-hybridized carbons (Fsp3) is 0.231. The van der Waals surface area contributed by atoms with E-state index in [4.69, 9.17) is 4.74 Å². The summed E-state index contributed by atoms with van der Waals surface area (Å²) in [4.78, 5) is 23.2. The van der Waals surface area contributed by atoms with Crippen LogP contribution in [0.1, 0.15) is 6.92 Å². The van der Waals surface area contributed by atoms with E-state index in [0.29, 0.717) is 9.47 Å². The van der Waals surface area contributed by atoms with Crippen LogP contribution in [0.25, 0.3) is 0 Å². The Hall–Kier alpha value is -1.40. The highest BCUT2D eigenvalue weighted by Gasteiger charge is 2.11. The number of carbonyl (C=O) groups excluding carboxylic acids is 2. The molecule has 10 heteroatoms. The van der Waals surface area contributed by atoms with Gasteiger partial charge in [-0.2, -0.15) is 0 Å². The highest BCUT2D eigenvalue weighted by atomic mass is 127. The predicted octanol–water partition coefficient (Wildman–Crippen LogP) is 3.44. The lowest BCUT2D eigenvalue weighted by Gasteiger charge is -2.04. The second-order valence-corrected chi connectivity index (χ2v) is 7.51. The lowest BCUT2D eigenvalue weighted by molar-refractivity contribution is -0.113. The van der Waals surface area contributed by atoms with Gasteiger partial charge < -0.3 is 10.1 Å². The number of nitrogens with one attached hydrogen (secondary N) is 2. The summed E-state index contributed by atoms with van der Waals surface area (Å²) in [6, 6.07) is 7.54. The summed E-state index contributed by atoms with van der Waals surface area (Å²) in [5.74, 6) is 0.0755. The van der Waals surface area contributed by atoms with Crippen molar-refractivity contribution in [2.24, 2.45) is 0 Å². The number of halogens is 1. The lowest BCUT2D eigenvalue weighted by atomic mass is 10.3. The topological polar surface area (TPSA) is 93.2 Å². The van der Waals surface area contributed by atoms with Crippen molar-refractivity contribution < 1.29 is 14.3 Å². The second kappa shape index (κ2) is 9.03. The summed E-state index contributed by atoms with van der Waals surface area (Å²) < 4.78 is 6.39. The Labute approximate surface area is 154 Å². The molecule has 0 aliphatic carbocycles. The first kappa shape index (κ1) is 17.9. The predicted molar refractivity (Wildman–Crippen MR) is 99.1 cm³/mol. The van der Waals surface area contributed by atoms with Gasteiger partial charge in [0.05, 0.1) is 12.4 Å². The van der Waals surface area contributed by atoms with E-state index >= 15 is 0 Å². The molecule has 1 heterocycles. The molecular formula is C13H13IN4O3S2. The summed E-state index contributed by atoms with van der Waals surface area (Å²) in [5.41, 5.74) is 0.754. The molecule has 0 atom stereocenters. The minimum Gasteiger partial charge on any atom is -0.450 e. The SMILES string of the molecule is CCOC(=O)Nc1nnc(SCC(=O)Nc2cccc(I)c2)s1. The van der Waals surface area contributed by atoms with E-state index in [1.807, 2.05) is 24.3 Å². The van der Waals surface area contributed by atoms with E-state index in [2.05, 4.69) is 43.4 Å². The first-order chi connectivity index (χ1) is 11.1. The van der Waals surface area contributed by atoms with E-state index in [9.17, 15) is 9.59 Å². The van der Waals surface area contributed by atoms with Crippen LogP contribution in [-0.2, 0) is 9.53 Å². The monoisotopic (exact) mass is 464 g/mol. The van der Waals surface area contributed by atoms with Crippen molar-refractivity contribution in [3.8, 4) is 0 Å². The van der Waals surface area contributed by atoms with Gasteiger partial charge in [-0.25, -0.2) is 4.79 Å². The molecule has 1 aromatic heterocycles. The van der Waals surface area contributed by atoms with Gasteiger partial charge in [-0.15, -0.1) is 10.2 Å². The van der Waals surface area contributed by atoms with Crippen LogP contribution >= 0.6 is 45.7 Å². The number of thioether (sulfide) groups is 1. The fourth-order valence-corrected chi connectivity index (χ4v) is 3.54. The fourth-order valence-electron chi connectivity index (χ4n) is 1.46. The number of benzene rings is 1. The van der Waals surface area contributed by atoms with Crippen LogP contribution in [0, 0.1) is 3.57 Å². The molecule has 0 aliphatic heterocycles. The van der Waals surface area contributed by atoms with Crippen molar-refractivity contribution >= 4 is 68.5 Å². The van der Waals surface area contributed by atoms with E-state index in [0.717, 1.165) is 9.26 Å². The van der Waals surface area contributed by atoms with Gasteiger partial charge in [0.15, 0.2) is 4.34 Å². The van der Waals surface area contributed by atoms with Crippen molar-refractivity contribution in [3.05, 3.63) is 27.8 Å². The van der Waals surface area contributed by atoms with E-state index in [-0.39, 0.29) is 18.3 Å². The minimum atomic E-state index is -0.573. The zero-order valence-corrected chi connectivity index (χ0v) is 15.8. The highest BCUT2D eigenvalue weighted by Crippen LogP contribution is 2.25. The van der Waals surface area contributed by atoms with Gasteiger partial charge in [0.25, 0.3) is 0 Å². The molecule has 0 saturated heterocycles. The van der Waals surface area contributed by atoms with Crippen molar-refractivity contribution in [1.82, 2.24) is 10.2 Å². The Kier molecular flexibility index (Phi) is 7.05. The Morgan fingerprint density at radius 2 is 2.17 bits per heavy atom. The van der Waals surface area contributed by atoms with Crippen LogP contribution in [-0.4, -0.2) is 34.6 Å². The number of amides is 2. The number of nitrogens with zero attached hydrogens (tertiary/aromatic N) is 2. The van der Waals surface area contributed by atoms with Crippen LogP contribution < -0.4 is 10.6 Å². The molecule has 2 amide bonds. The Morgan fingerprint density at radius 3 is 2.91 bits per heavy atom. The maximum atomic E-state index is 11.9. The van der Waals surface area contributed by atoms with Gasteiger partial charge in [-0.1, -0.05) is 29.2 Å². The number of rotatable bonds is 6. The third-order valence-electron chi connectivity index (χ3n) is 2.33. The van der Waals surface area contributed by atoms with Crippen molar-refractivity contribution in [2.75, 3.05) is 23.0 Å². The highest BCUT2D eigenvalue weighted by molar-refractivity contribution is 14.1. The number of hydrogen-bond acceptors (Lipinski definition) is 7. The van der Waals surface area contributed by atoms with Gasteiger partial charge >= 0.3 is 6.09 Å². The number of ether oxygens (including phenoxy) is 1. The number of aromatic nitrogens is 2. The molecule has 0 saturated carbocycles. The molecule has 1 aromatic carbocycles. The molecule has 7 nitrogen and oxygen atoms in total. The molecule has 0 radical (unpaired) electrons. The number of carbonyl (C=O) groups is 2. The maximum absolute atomic E-state index is 11.9. The zero-order chi connectivity index (χ0) is 16.7. The van der Waals surface area contributed by atoms with E-state index in [1.54, 1.807) is 6.92 Å². The third kappa shape index (κ3) is 6.31. The average molecular weight is 464 g/mol. The molecule has 23 heavy (non-hydrogen) atoms. The summed E-state index contributed by atoms with van der Waals surface area (Å²) >= 11 is 4.62. The summed E-state index contributed by atoms with van der Waals surface area (Å²) in [5, 5.41) is 13.3. The first-order valence-electron chi connectivity index (χ1n) is 6.52. The molecule has 0 unspecified atom stereocenters. The normalized spacial score (nSPS) is 10.2. The number of hydrogen-bond donors (Lipinski definition) is 2. The molecule has 2 N–H and O–H groups in total. The molecule has 2 aromatic rings. The molecule has 2 rings (SSSR count). The maximum Gasteiger partial charge on any atom is 0.413 e. The largest absolute Gasteiger partial charge is 0.450 e. The van der Waals surface area contributed by atoms with Crippen LogP contribution in [0.5, 0.6) is 0 Å². The molecule has 0 aliphatic rings. The zero-order valence-electron chi connectivity index (χ0n) is 12.0. The average Bonchev–Trinajstić information content (AvgIpc) is 2.93. The number of anilines is 2. The Bertz CT molecular complexity index is 695. The lowest BCUT2D eigenvalue weighted by Crippen LogP contribution is -2.13. The summed E-state index contributed by atoms with van der Waals surface area (Å²) in [6.07, 6.45) is -0.573. The molecule has 0 bridgehead atoms. The quantitative estimate of drug-likeness (QED) is 0.387. The summed E-state index contributed by atoms with van der Waals surface area (Å²) in [6.45, 7) is 2.00. The Morgan fingerprint density at radius 1 is 1.35 bits per heavy atom. The molecule has 0 spiro atoms. The van der Waals surface area contributed by atoms with Crippen LogP contribution in [0.15, 0.2) is 28.6 Å². The van der Waals surface area contributed by atoms with E-state index in [1.165, 1.54) is 23.1 Å². The molecule has 122 valence electrons. The van der Waals surface area contributed by atoms with Crippen LogP contribution in [0.2, 0.25) is 0 Å². The van der Waals surface area contributed by atoms with Gasteiger partial charge in [0.2, 0.25) is 11.0 Å². The van der Waals surface area contributed by atoms with Crippen molar-refractivity contribution in [1.29, 1.82) is 0 Å². The van der Waals surface area contributed by atoms with Gasteiger partial charge in [0, 0.05) is 9.26 Å². The summed E-state index contributed by atoms with van der Waals surface area (Å²) in [7, 11) is 0. The van der Waals surface area contributed by atoms with Gasteiger partial charge in [-0.3, -0.25) is 10.1 Å². The molecular weight excluding hydrogens is 451 g/mol. The van der Waals surface area contributed by atoms with Crippen molar-refractivity contribution in [2.45, 2.75) is 11.3 Å². The molecule has 0 fully saturated rings. The van der Waals surface area contributed by atoms with Gasteiger partial charge in [-0.05, 0) is 47.7 Å². The second-order valence-electron chi connectivity index (χ2n) is 4.07. The third-order valence-corrected chi connectivity index (χ3v) is 4.97. The first-order valence-corrected chi connectivity index (χ1v) is 9.40. The Balaban J connectivity index is 1.80. The van der Waals surface area contributed by atoms with Crippen LogP contribution in [0.3, 0.4) is 0 Å².